The van der Waals surface area contributed by atoms with Crippen LogP contribution in [0.15, 0.2) is 97.2 Å². The molecule has 0 N–H and O–H groups in total. The molecule has 0 aromatic heterocycles. The second-order valence-corrected chi connectivity index (χ2v) is 20.6. The van der Waals surface area contributed by atoms with Crippen LogP contribution in [0.5, 0.6) is 0 Å². The zero-order valence-corrected chi connectivity index (χ0v) is 48.6. The monoisotopic (exact) mass is 1030 g/mol. The minimum atomic E-state index is -0.809. The molecule has 0 rings (SSSR count). The lowest BCUT2D eigenvalue weighted by atomic mass is 10.0. The van der Waals surface area contributed by atoms with Crippen LogP contribution in [0.4, 0.5) is 0 Å². The molecule has 0 aliphatic heterocycles. The van der Waals surface area contributed by atoms with Gasteiger partial charge in [-0.05, 0) is 96.3 Å². The molecule has 0 heterocycles. The molecular formula is C68H116O6. The van der Waals surface area contributed by atoms with Crippen LogP contribution in [0, 0.1) is 0 Å². The van der Waals surface area contributed by atoms with E-state index in [1.54, 1.807) is 0 Å². The second-order valence-electron chi connectivity index (χ2n) is 20.6. The summed E-state index contributed by atoms with van der Waals surface area (Å²) in [6.07, 6.45) is 82.7. The third kappa shape index (κ3) is 59.2. The second kappa shape index (κ2) is 61.9. The molecule has 1 atom stereocenters. The van der Waals surface area contributed by atoms with Crippen molar-refractivity contribution in [2.75, 3.05) is 13.2 Å². The van der Waals surface area contributed by atoms with Gasteiger partial charge in [-0.3, -0.25) is 14.4 Å². The summed E-state index contributed by atoms with van der Waals surface area (Å²) in [7, 11) is 0. The molecule has 1 unspecified atom stereocenters. The van der Waals surface area contributed by atoms with E-state index < -0.39 is 6.10 Å². The number of carbonyl (C=O) groups is 3. The van der Waals surface area contributed by atoms with Crippen LogP contribution in [-0.2, 0) is 28.6 Å². The molecule has 0 aliphatic carbocycles. The predicted octanol–water partition coefficient (Wildman–Crippen LogP) is 21.3. The summed E-state index contributed by atoms with van der Waals surface area (Å²) in [4.78, 5) is 38.2. The number of rotatable bonds is 56. The van der Waals surface area contributed by atoms with Crippen LogP contribution < -0.4 is 0 Å². The molecule has 74 heavy (non-hydrogen) atoms. The van der Waals surface area contributed by atoms with E-state index in [9.17, 15) is 14.4 Å². The topological polar surface area (TPSA) is 78.9 Å². The standard InChI is InChI=1S/C68H116O6/c1-4-7-10-13-16-19-22-25-28-30-31-32-33-34-35-36-37-39-40-43-46-49-52-55-58-61-67(70)73-64-65(63-72-66(69)60-57-54-51-48-45-42-27-24-21-18-15-12-9-6-3)74-68(71)62-59-56-53-50-47-44-41-38-29-26-23-20-17-14-11-8-5-2/h8,11,17,20,22,25-26,29-31,33-34,41,44,50,53,65H,4-7,9-10,12-16,18-19,21,23-24,27-28,32,35-40,42-43,45-49,51-52,54-64H2,1-3H3/b11-8-,20-17-,25-22-,29-26-,31-30-,34-33-,44-41-,53-50-. The highest BCUT2D eigenvalue weighted by atomic mass is 16.6. The van der Waals surface area contributed by atoms with Crippen molar-refractivity contribution >= 4 is 17.9 Å². The van der Waals surface area contributed by atoms with Crippen molar-refractivity contribution in [3.05, 3.63) is 97.2 Å². The highest BCUT2D eigenvalue weighted by molar-refractivity contribution is 5.71. The van der Waals surface area contributed by atoms with Crippen LogP contribution in [0.1, 0.15) is 297 Å². The Morgan fingerprint density at radius 3 is 0.865 bits per heavy atom. The van der Waals surface area contributed by atoms with Crippen LogP contribution in [0.2, 0.25) is 0 Å². The molecule has 0 aromatic rings. The van der Waals surface area contributed by atoms with Crippen molar-refractivity contribution < 1.29 is 28.6 Å². The lowest BCUT2D eigenvalue weighted by molar-refractivity contribution is -0.167. The summed E-state index contributed by atoms with van der Waals surface area (Å²) >= 11 is 0. The maximum Gasteiger partial charge on any atom is 0.306 e. The number of carbonyl (C=O) groups excluding carboxylic acids is 3. The Morgan fingerprint density at radius 2 is 0.541 bits per heavy atom. The maximum absolute atomic E-state index is 12.9. The summed E-state index contributed by atoms with van der Waals surface area (Å²) in [6.45, 7) is 6.49. The molecule has 0 fully saturated rings. The predicted molar refractivity (Wildman–Crippen MR) is 320 cm³/mol. The van der Waals surface area contributed by atoms with E-state index in [1.165, 1.54) is 161 Å². The van der Waals surface area contributed by atoms with Crippen LogP contribution >= 0.6 is 0 Å². The average molecular weight is 1030 g/mol. The van der Waals surface area contributed by atoms with E-state index in [0.29, 0.717) is 19.3 Å². The summed E-state index contributed by atoms with van der Waals surface area (Å²) in [5, 5.41) is 0. The van der Waals surface area contributed by atoms with Crippen molar-refractivity contribution in [3.63, 3.8) is 0 Å². The molecule has 0 aliphatic rings. The Bertz CT molecular complexity index is 1460. The van der Waals surface area contributed by atoms with Gasteiger partial charge in [-0.25, -0.2) is 0 Å². The van der Waals surface area contributed by atoms with E-state index in [2.05, 4.69) is 118 Å². The highest BCUT2D eigenvalue weighted by Gasteiger charge is 2.19. The molecule has 0 amide bonds. The minimum absolute atomic E-state index is 0.0993. The Labute approximate surface area is 457 Å². The largest absolute Gasteiger partial charge is 0.462 e. The molecule has 0 saturated heterocycles. The molecule has 0 spiro atoms. The Kier molecular flexibility index (Phi) is 58.8. The van der Waals surface area contributed by atoms with Gasteiger partial charge in [0.05, 0.1) is 0 Å². The number of esters is 3. The molecule has 0 bridgehead atoms. The Balaban J connectivity index is 4.39. The van der Waals surface area contributed by atoms with Gasteiger partial charge in [0.15, 0.2) is 6.10 Å². The molecule has 6 heteroatoms. The van der Waals surface area contributed by atoms with Crippen molar-refractivity contribution in [1.82, 2.24) is 0 Å². The molecule has 6 nitrogen and oxygen atoms in total. The average Bonchev–Trinajstić information content (AvgIpc) is 3.40. The molecule has 424 valence electrons. The Morgan fingerprint density at radius 1 is 0.284 bits per heavy atom. The summed E-state index contributed by atoms with van der Waals surface area (Å²) in [6, 6.07) is 0. The normalized spacial score (nSPS) is 12.7. The summed E-state index contributed by atoms with van der Waals surface area (Å²) < 4.78 is 16.9. The summed E-state index contributed by atoms with van der Waals surface area (Å²) in [5.74, 6) is -0.954. The molecule has 0 aromatic carbocycles. The first-order valence-electron chi connectivity index (χ1n) is 31.2. The fraction of sp³-hybridized carbons (Fsp3) is 0.721. The fourth-order valence-corrected chi connectivity index (χ4v) is 8.66. The summed E-state index contributed by atoms with van der Waals surface area (Å²) in [5.41, 5.74) is 0. The maximum atomic E-state index is 12.9. The lowest BCUT2D eigenvalue weighted by Gasteiger charge is -2.18. The van der Waals surface area contributed by atoms with E-state index in [1.807, 2.05) is 0 Å². The van der Waals surface area contributed by atoms with Crippen molar-refractivity contribution in [2.24, 2.45) is 0 Å². The third-order valence-electron chi connectivity index (χ3n) is 13.3. The van der Waals surface area contributed by atoms with Gasteiger partial charge in [-0.2, -0.15) is 0 Å². The molecule has 0 radical (unpaired) electrons. The van der Waals surface area contributed by atoms with E-state index >= 15 is 0 Å². The van der Waals surface area contributed by atoms with Gasteiger partial charge >= 0.3 is 17.9 Å². The lowest BCUT2D eigenvalue weighted by Crippen LogP contribution is -2.30. The van der Waals surface area contributed by atoms with Gasteiger partial charge < -0.3 is 14.2 Å². The first kappa shape index (κ1) is 70.3. The van der Waals surface area contributed by atoms with Gasteiger partial charge in [0.25, 0.3) is 0 Å². The van der Waals surface area contributed by atoms with E-state index in [4.69, 9.17) is 14.2 Å². The number of unbranched alkanes of at least 4 members (excludes halogenated alkanes) is 29. The SMILES string of the molecule is CC/C=C\C/C=C\C/C=C\C/C=C\C/C=C\CCCC(=O)OC(COC(=O)CCCCCCCCCCCC/C=C\C/C=C\C/C=C\CCCCCCC)COC(=O)CCCCCCCCCCCCCCCC. The van der Waals surface area contributed by atoms with Crippen LogP contribution in [0.3, 0.4) is 0 Å². The van der Waals surface area contributed by atoms with Crippen LogP contribution in [-0.4, -0.2) is 37.2 Å². The smallest absolute Gasteiger partial charge is 0.306 e. The van der Waals surface area contributed by atoms with E-state index in [-0.39, 0.29) is 37.5 Å². The zero-order chi connectivity index (χ0) is 53.6. The highest BCUT2D eigenvalue weighted by Crippen LogP contribution is 2.16. The minimum Gasteiger partial charge on any atom is -0.462 e. The van der Waals surface area contributed by atoms with Gasteiger partial charge in [-0.1, -0.05) is 279 Å². The third-order valence-corrected chi connectivity index (χ3v) is 13.3. The number of ether oxygens (including phenoxy) is 3. The zero-order valence-electron chi connectivity index (χ0n) is 48.6. The van der Waals surface area contributed by atoms with Crippen molar-refractivity contribution in [1.29, 1.82) is 0 Å². The van der Waals surface area contributed by atoms with E-state index in [0.717, 1.165) is 89.9 Å². The first-order valence-corrected chi connectivity index (χ1v) is 31.2. The first-order chi connectivity index (χ1) is 36.5. The number of allylic oxidation sites excluding steroid dienone is 16. The van der Waals surface area contributed by atoms with Crippen molar-refractivity contribution in [2.45, 2.75) is 303 Å². The fourth-order valence-electron chi connectivity index (χ4n) is 8.66. The molecule has 0 saturated carbocycles. The van der Waals surface area contributed by atoms with Gasteiger partial charge in [0.2, 0.25) is 0 Å². The van der Waals surface area contributed by atoms with Gasteiger partial charge in [0.1, 0.15) is 13.2 Å². The van der Waals surface area contributed by atoms with Crippen molar-refractivity contribution in [3.8, 4) is 0 Å². The quantitative estimate of drug-likeness (QED) is 0.0261. The van der Waals surface area contributed by atoms with Gasteiger partial charge in [0, 0.05) is 19.3 Å². The number of hydrogen-bond acceptors (Lipinski definition) is 6. The van der Waals surface area contributed by atoms with Gasteiger partial charge in [-0.15, -0.1) is 0 Å². The van der Waals surface area contributed by atoms with Crippen LogP contribution in [0.25, 0.3) is 0 Å². The Hall–Kier alpha value is -3.67. The molecular weight excluding hydrogens is 913 g/mol. The number of hydrogen-bond donors (Lipinski definition) is 0.